The van der Waals surface area contributed by atoms with Gasteiger partial charge in [-0.05, 0) is 107 Å². The van der Waals surface area contributed by atoms with E-state index in [1.165, 1.54) is 20.8 Å². The molecular weight excluding hydrogens is 584 g/mol. The molecule has 0 bridgehead atoms. The lowest BCUT2D eigenvalue weighted by Gasteiger charge is -2.35. The summed E-state index contributed by atoms with van der Waals surface area (Å²) in [5.74, 6) is -1.78. The number of hydrogen-bond acceptors (Lipinski definition) is 10. The van der Waals surface area contributed by atoms with Gasteiger partial charge in [-0.25, -0.2) is 9.59 Å². The minimum Gasteiger partial charge on any atom is -0.318 e. The molecule has 0 atom stereocenters. The van der Waals surface area contributed by atoms with Gasteiger partial charge < -0.3 is 19.5 Å². The van der Waals surface area contributed by atoms with Crippen molar-refractivity contribution in [3.8, 4) is 11.1 Å². The molecule has 0 heterocycles. The van der Waals surface area contributed by atoms with Gasteiger partial charge in [0, 0.05) is 30.4 Å². The zero-order chi connectivity index (χ0) is 34.0. The normalized spacial score (nSPS) is 13.9. The standard InChI is InChI=1S/C36H48N4O6/c1-9-12-13-33(38-46-26(6)42)35(44)28-15-17-30-29-16-14-27(34(43)24(4)37-45-25(5)41)22-31(29)36(32(30)23-28,18-20-39(7)10-2)19-21-40(8)11-3/h14-17,22-23H,9-13,18-21H2,1-8H3/b37-24+,38-33+. The minimum atomic E-state index is -0.600. The summed E-state index contributed by atoms with van der Waals surface area (Å²) in [5, 5.41) is 7.67. The second kappa shape index (κ2) is 16.5. The molecule has 0 fully saturated rings. The highest BCUT2D eigenvalue weighted by Crippen LogP contribution is 2.53. The molecule has 10 nitrogen and oxygen atoms in total. The van der Waals surface area contributed by atoms with E-state index in [1.54, 1.807) is 6.07 Å². The molecule has 1 aliphatic carbocycles. The molecular formula is C36H48N4O6. The van der Waals surface area contributed by atoms with Crippen molar-refractivity contribution in [2.24, 2.45) is 10.3 Å². The van der Waals surface area contributed by atoms with Gasteiger partial charge in [0.15, 0.2) is 0 Å². The molecule has 0 spiro atoms. The molecule has 0 aromatic heterocycles. The number of rotatable bonds is 17. The number of hydrogen-bond donors (Lipinski definition) is 0. The van der Waals surface area contributed by atoms with Gasteiger partial charge in [0.05, 0.1) is 0 Å². The summed E-state index contributed by atoms with van der Waals surface area (Å²) in [4.78, 5) is 64.3. The molecule has 3 rings (SSSR count). The van der Waals surface area contributed by atoms with Crippen LogP contribution < -0.4 is 0 Å². The first-order valence-electron chi connectivity index (χ1n) is 16.1. The third kappa shape index (κ3) is 8.61. The van der Waals surface area contributed by atoms with Crippen LogP contribution in [0.25, 0.3) is 11.1 Å². The lowest BCUT2D eigenvalue weighted by molar-refractivity contribution is -0.141. The van der Waals surface area contributed by atoms with Crippen molar-refractivity contribution in [2.75, 3.05) is 40.3 Å². The largest absolute Gasteiger partial charge is 0.331 e. The van der Waals surface area contributed by atoms with Crippen molar-refractivity contribution in [3.05, 3.63) is 58.7 Å². The van der Waals surface area contributed by atoms with Crippen LogP contribution in [0.5, 0.6) is 0 Å². The van der Waals surface area contributed by atoms with E-state index in [4.69, 9.17) is 9.68 Å². The highest BCUT2D eigenvalue weighted by Gasteiger charge is 2.44. The van der Waals surface area contributed by atoms with E-state index in [9.17, 15) is 19.2 Å². The van der Waals surface area contributed by atoms with Crippen LogP contribution in [0.1, 0.15) is 105 Å². The second-order valence-corrected chi connectivity index (χ2v) is 12.0. The quantitative estimate of drug-likeness (QED) is 0.0895. The molecule has 0 N–H and O–H groups in total. The van der Waals surface area contributed by atoms with Gasteiger partial charge in [-0.2, -0.15) is 0 Å². The molecule has 0 saturated carbocycles. The smallest absolute Gasteiger partial charge is 0.318 e. The van der Waals surface area contributed by atoms with Crippen molar-refractivity contribution in [1.82, 2.24) is 9.80 Å². The van der Waals surface area contributed by atoms with E-state index in [0.717, 1.165) is 74.1 Å². The number of Topliss-reactive ketones (excluding diaryl/α,β-unsaturated/α-hetero) is 2. The first-order chi connectivity index (χ1) is 21.9. The Hall–Kier alpha value is -4.02. The van der Waals surface area contributed by atoms with Gasteiger partial charge in [-0.1, -0.05) is 61.8 Å². The third-order valence-electron chi connectivity index (χ3n) is 8.76. The SMILES string of the molecule is CCCC/C(=N\OC(C)=O)C(=O)c1ccc2c(c1)C(CCN(C)CC)(CCN(C)CC)c1cc(C(=O)/C(C)=N/OC(C)=O)ccc1-2. The fraction of sp³-hybridized carbons (Fsp3) is 0.500. The second-order valence-electron chi connectivity index (χ2n) is 12.0. The van der Waals surface area contributed by atoms with Gasteiger partial charge in [-0.3, -0.25) is 9.59 Å². The molecule has 248 valence electrons. The molecule has 0 aliphatic heterocycles. The van der Waals surface area contributed by atoms with E-state index >= 15 is 0 Å². The van der Waals surface area contributed by atoms with Crippen molar-refractivity contribution >= 4 is 34.9 Å². The van der Waals surface area contributed by atoms with Gasteiger partial charge in [0.1, 0.15) is 11.4 Å². The van der Waals surface area contributed by atoms with Crippen LogP contribution in [-0.4, -0.2) is 85.0 Å². The van der Waals surface area contributed by atoms with Gasteiger partial charge in [0.25, 0.3) is 0 Å². The lowest BCUT2D eigenvalue weighted by atomic mass is 9.71. The monoisotopic (exact) mass is 632 g/mol. The maximum atomic E-state index is 13.9. The maximum Gasteiger partial charge on any atom is 0.331 e. The molecule has 1 aliphatic rings. The van der Waals surface area contributed by atoms with Crippen LogP contribution in [0.3, 0.4) is 0 Å². The fourth-order valence-electron chi connectivity index (χ4n) is 5.73. The number of oxime groups is 2. The lowest BCUT2D eigenvalue weighted by Crippen LogP contribution is -2.35. The number of unbranched alkanes of at least 4 members (excludes halogenated alkanes) is 1. The Balaban J connectivity index is 2.24. The minimum absolute atomic E-state index is 0.0762. The summed E-state index contributed by atoms with van der Waals surface area (Å²) in [6.45, 7) is 13.6. The van der Waals surface area contributed by atoms with E-state index in [-0.39, 0.29) is 23.0 Å². The predicted octanol–water partition coefficient (Wildman–Crippen LogP) is 6.05. The molecule has 2 aromatic carbocycles. The molecule has 2 aromatic rings. The highest BCUT2D eigenvalue weighted by atomic mass is 16.7. The van der Waals surface area contributed by atoms with Gasteiger partial charge >= 0.3 is 11.9 Å². The third-order valence-corrected chi connectivity index (χ3v) is 8.76. The topological polar surface area (TPSA) is 118 Å². The van der Waals surface area contributed by atoms with E-state index in [0.29, 0.717) is 17.5 Å². The Bertz CT molecular complexity index is 1500. The maximum absolute atomic E-state index is 13.9. The van der Waals surface area contributed by atoms with Gasteiger partial charge in [-0.15, -0.1) is 0 Å². The first kappa shape index (κ1) is 36.4. The van der Waals surface area contributed by atoms with Crippen molar-refractivity contribution < 1.29 is 28.9 Å². The van der Waals surface area contributed by atoms with Crippen LogP contribution in [0.2, 0.25) is 0 Å². The van der Waals surface area contributed by atoms with Crippen molar-refractivity contribution in [1.29, 1.82) is 0 Å². The number of carbonyl (C=O) groups is 4. The van der Waals surface area contributed by atoms with Crippen molar-refractivity contribution in [2.45, 2.75) is 79.1 Å². The number of fused-ring (bicyclic) bond motifs is 3. The van der Waals surface area contributed by atoms with E-state index in [2.05, 4.69) is 48.1 Å². The first-order valence-corrected chi connectivity index (χ1v) is 16.1. The van der Waals surface area contributed by atoms with Crippen molar-refractivity contribution in [3.63, 3.8) is 0 Å². The number of ketones is 2. The van der Waals surface area contributed by atoms with Crippen LogP contribution in [0, 0.1) is 0 Å². The summed E-state index contributed by atoms with van der Waals surface area (Å²) < 4.78 is 0. The molecule has 0 amide bonds. The molecule has 0 unspecified atom stereocenters. The Morgan fingerprint density at radius 2 is 1.20 bits per heavy atom. The average Bonchev–Trinajstić information content (AvgIpc) is 3.32. The Morgan fingerprint density at radius 1 is 0.717 bits per heavy atom. The Labute approximate surface area is 272 Å². The van der Waals surface area contributed by atoms with Crippen LogP contribution in [-0.2, 0) is 24.7 Å². The number of nitrogens with zero attached hydrogens (tertiary/aromatic N) is 4. The molecule has 46 heavy (non-hydrogen) atoms. The molecule has 0 saturated heterocycles. The molecule has 10 heteroatoms. The van der Waals surface area contributed by atoms with Crippen LogP contribution in [0.15, 0.2) is 46.7 Å². The number of benzene rings is 2. The summed E-state index contributed by atoms with van der Waals surface area (Å²) >= 11 is 0. The number of carbonyl (C=O) groups excluding carboxylic acids is 4. The average molecular weight is 633 g/mol. The van der Waals surface area contributed by atoms with Crippen LogP contribution >= 0.6 is 0 Å². The van der Waals surface area contributed by atoms with Gasteiger partial charge in [0.2, 0.25) is 11.6 Å². The summed E-state index contributed by atoms with van der Waals surface area (Å²) in [5.41, 5.74) is 4.78. The zero-order valence-corrected chi connectivity index (χ0v) is 28.6. The summed E-state index contributed by atoms with van der Waals surface area (Å²) in [7, 11) is 4.17. The Morgan fingerprint density at radius 3 is 1.65 bits per heavy atom. The Kier molecular flexibility index (Phi) is 13.1. The van der Waals surface area contributed by atoms with E-state index < -0.39 is 17.4 Å². The summed E-state index contributed by atoms with van der Waals surface area (Å²) in [6.07, 6.45) is 3.50. The highest BCUT2D eigenvalue weighted by molar-refractivity contribution is 6.46. The molecule has 0 radical (unpaired) electrons. The van der Waals surface area contributed by atoms with Crippen LogP contribution in [0.4, 0.5) is 0 Å². The fourth-order valence-corrected chi connectivity index (χ4v) is 5.73. The van der Waals surface area contributed by atoms with E-state index in [1.807, 2.05) is 37.3 Å². The predicted molar refractivity (Wildman–Crippen MR) is 180 cm³/mol. The summed E-state index contributed by atoms with van der Waals surface area (Å²) in [6, 6.07) is 11.4. The zero-order valence-electron chi connectivity index (χ0n) is 28.6.